The molecular formula is C16H26N2O2. The zero-order valence-corrected chi connectivity index (χ0v) is 12.5. The number of unbranched alkanes of at least 4 members (excludes halogenated alkanes) is 1. The van der Waals surface area contributed by atoms with Gasteiger partial charge in [-0.25, -0.2) is 0 Å². The first-order chi connectivity index (χ1) is 9.58. The molecule has 1 amide bonds. The standard InChI is InChI=1S/C16H26N2O2/c1-3-4-9-18(10-11-19)16(20)12-13(2)14-5-7-15(17)8-6-14/h5-8,13,19H,3-4,9-12,17H2,1-2H3. The van der Waals surface area contributed by atoms with Crippen molar-refractivity contribution in [2.24, 2.45) is 0 Å². The third-order valence-electron chi connectivity index (χ3n) is 3.49. The molecule has 0 aromatic heterocycles. The maximum atomic E-state index is 12.3. The van der Waals surface area contributed by atoms with E-state index in [2.05, 4.69) is 6.92 Å². The van der Waals surface area contributed by atoms with Gasteiger partial charge in [-0.05, 0) is 30.0 Å². The Labute approximate surface area is 121 Å². The van der Waals surface area contributed by atoms with E-state index < -0.39 is 0 Å². The Hall–Kier alpha value is -1.55. The van der Waals surface area contributed by atoms with E-state index in [0.29, 0.717) is 13.0 Å². The number of anilines is 1. The second kappa shape index (κ2) is 8.59. The van der Waals surface area contributed by atoms with Gasteiger partial charge in [-0.1, -0.05) is 32.4 Å². The predicted octanol–water partition coefficient (Wildman–Crippen LogP) is 2.38. The molecule has 4 nitrogen and oxygen atoms in total. The quantitative estimate of drug-likeness (QED) is 0.717. The lowest BCUT2D eigenvalue weighted by Crippen LogP contribution is -2.35. The van der Waals surface area contributed by atoms with Crippen LogP contribution in [-0.2, 0) is 4.79 Å². The van der Waals surface area contributed by atoms with E-state index >= 15 is 0 Å². The van der Waals surface area contributed by atoms with Crippen molar-refractivity contribution in [2.75, 3.05) is 25.4 Å². The highest BCUT2D eigenvalue weighted by molar-refractivity contribution is 5.77. The molecule has 0 radical (unpaired) electrons. The summed E-state index contributed by atoms with van der Waals surface area (Å²) in [6, 6.07) is 7.66. The van der Waals surface area contributed by atoms with Crippen LogP contribution in [0.5, 0.6) is 0 Å². The fourth-order valence-corrected chi connectivity index (χ4v) is 2.16. The monoisotopic (exact) mass is 278 g/mol. The summed E-state index contributed by atoms with van der Waals surface area (Å²) in [4.78, 5) is 14.0. The van der Waals surface area contributed by atoms with Crippen molar-refractivity contribution in [3.8, 4) is 0 Å². The number of rotatable bonds is 8. The number of hydrogen-bond donors (Lipinski definition) is 2. The maximum absolute atomic E-state index is 12.3. The summed E-state index contributed by atoms with van der Waals surface area (Å²) in [5.41, 5.74) is 7.52. The smallest absolute Gasteiger partial charge is 0.223 e. The normalized spacial score (nSPS) is 12.2. The van der Waals surface area contributed by atoms with Gasteiger partial charge >= 0.3 is 0 Å². The number of carbonyl (C=O) groups excluding carboxylic acids is 1. The summed E-state index contributed by atoms with van der Waals surface area (Å²) < 4.78 is 0. The Morgan fingerprint density at radius 2 is 1.95 bits per heavy atom. The summed E-state index contributed by atoms with van der Waals surface area (Å²) >= 11 is 0. The Bertz CT molecular complexity index is 403. The molecule has 0 aliphatic carbocycles. The molecule has 0 bridgehead atoms. The first-order valence-electron chi connectivity index (χ1n) is 7.32. The predicted molar refractivity (Wildman–Crippen MR) is 82.5 cm³/mol. The van der Waals surface area contributed by atoms with Gasteiger partial charge in [0.25, 0.3) is 0 Å². The summed E-state index contributed by atoms with van der Waals surface area (Å²) in [5, 5.41) is 9.06. The van der Waals surface area contributed by atoms with Crippen LogP contribution in [-0.4, -0.2) is 35.6 Å². The second-order valence-electron chi connectivity index (χ2n) is 5.23. The number of carbonyl (C=O) groups is 1. The van der Waals surface area contributed by atoms with Gasteiger partial charge in [-0.15, -0.1) is 0 Å². The Morgan fingerprint density at radius 1 is 1.30 bits per heavy atom. The molecule has 0 aliphatic rings. The highest BCUT2D eigenvalue weighted by Crippen LogP contribution is 2.21. The van der Waals surface area contributed by atoms with Crippen molar-refractivity contribution in [3.63, 3.8) is 0 Å². The molecule has 0 spiro atoms. The Morgan fingerprint density at radius 3 is 2.50 bits per heavy atom. The average Bonchev–Trinajstić information content (AvgIpc) is 2.43. The van der Waals surface area contributed by atoms with Gasteiger partial charge in [0.1, 0.15) is 0 Å². The summed E-state index contributed by atoms with van der Waals surface area (Å²) in [6.07, 6.45) is 2.48. The lowest BCUT2D eigenvalue weighted by Gasteiger charge is -2.23. The number of nitrogens with zero attached hydrogens (tertiary/aromatic N) is 1. The van der Waals surface area contributed by atoms with Gasteiger partial charge in [0.05, 0.1) is 6.61 Å². The molecule has 1 unspecified atom stereocenters. The van der Waals surface area contributed by atoms with E-state index in [1.165, 1.54) is 0 Å². The molecule has 0 saturated heterocycles. The van der Waals surface area contributed by atoms with Crippen molar-refractivity contribution in [1.29, 1.82) is 0 Å². The number of aliphatic hydroxyl groups excluding tert-OH is 1. The third-order valence-corrected chi connectivity index (χ3v) is 3.49. The van der Waals surface area contributed by atoms with Gasteiger partial charge in [-0.3, -0.25) is 4.79 Å². The topological polar surface area (TPSA) is 66.6 Å². The number of amides is 1. The van der Waals surface area contributed by atoms with Crippen LogP contribution < -0.4 is 5.73 Å². The minimum Gasteiger partial charge on any atom is -0.399 e. The number of nitrogen functional groups attached to an aromatic ring is 1. The fraction of sp³-hybridized carbons (Fsp3) is 0.562. The first kappa shape index (κ1) is 16.5. The molecule has 1 aromatic carbocycles. The zero-order chi connectivity index (χ0) is 15.0. The molecule has 0 heterocycles. The van der Waals surface area contributed by atoms with Crippen LogP contribution in [0.3, 0.4) is 0 Å². The van der Waals surface area contributed by atoms with E-state index in [1.807, 2.05) is 31.2 Å². The van der Waals surface area contributed by atoms with Gasteiger partial charge in [0.15, 0.2) is 0 Å². The number of hydrogen-bond acceptors (Lipinski definition) is 3. The SMILES string of the molecule is CCCCN(CCO)C(=O)CC(C)c1ccc(N)cc1. The lowest BCUT2D eigenvalue weighted by molar-refractivity contribution is -0.132. The van der Waals surface area contributed by atoms with Crippen LogP contribution in [0, 0.1) is 0 Å². The lowest BCUT2D eigenvalue weighted by atomic mass is 9.97. The van der Waals surface area contributed by atoms with Gasteiger partial charge in [-0.2, -0.15) is 0 Å². The average molecular weight is 278 g/mol. The van der Waals surface area contributed by atoms with Crippen molar-refractivity contribution in [1.82, 2.24) is 4.90 Å². The molecule has 4 heteroatoms. The molecule has 20 heavy (non-hydrogen) atoms. The third kappa shape index (κ3) is 5.21. The van der Waals surface area contributed by atoms with E-state index in [0.717, 1.165) is 30.6 Å². The molecular weight excluding hydrogens is 252 g/mol. The van der Waals surface area contributed by atoms with Gasteiger partial charge in [0, 0.05) is 25.2 Å². The molecule has 112 valence electrons. The van der Waals surface area contributed by atoms with E-state index in [4.69, 9.17) is 10.8 Å². The molecule has 1 aromatic rings. The summed E-state index contributed by atoms with van der Waals surface area (Å²) in [6.45, 7) is 5.31. The molecule has 0 fully saturated rings. The van der Waals surface area contributed by atoms with E-state index in [1.54, 1.807) is 4.90 Å². The van der Waals surface area contributed by atoms with Crippen molar-refractivity contribution in [2.45, 2.75) is 39.0 Å². The van der Waals surface area contributed by atoms with Gasteiger partial charge in [0.2, 0.25) is 5.91 Å². The highest BCUT2D eigenvalue weighted by atomic mass is 16.3. The van der Waals surface area contributed by atoms with Crippen LogP contribution in [0.15, 0.2) is 24.3 Å². The fourth-order valence-electron chi connectivity index (χ4n) is 2.16. The summed E-state index contributed by atoms with van der Waals surface area (Å²) in [7, 11) is 0. The minimum atomic E-state index is 0.0195. The molecule has 3 N–H and O–H groups in total. The second-order valence-corrected chi connectivity index (χ2v) is 5.23. The highest BCUT2D eigenvalue weighted by Gasteiger charge is 2.17. The molecule has 0 saturated carbocycles. The van der Waals surface area contributed by atoms with Crippen LogP contribution >= 0.6 is 0 Å². The van der Waals surface area contributed by atoms with Crippen molar-refractivity contribution in [3.05, 3.63) is 29.8 Å². The molecule has 1 rings (SSSR count). The van der Waals surface area contributed by atoms with Crippen LogP contribution in [0.4, 0.5) is 5.69 Å². The zero-order valence-electron chi connectivity index (χ0n) is 12.5. The number of nitrogens with two attached hydrogens (primary N) is 1. The summed E-state index contributed by atoms with van der Waals surface area (Å²) in [5.74, 6) is 0.266. The van der Waals surface area contributed by atoms with Crippen LogP contribution in [0.25, 0.3) is 0 Å². The number of benzene rings is 1. The largest absolute Gasteiger partial charge is 0.399 e. The first-order valence-corrected chi connectivity index (χ1v) is 7.32. The van der Waals surface area contributed by atoms with Crippen LogP contribution in [0.2, 0.25) is 0 Å². The Kier molecular flexibility index (Phi) is 7.09. The minimum absolute atomic E-state index is 0.0195. The van der Waals surface area contributed by atoms with Crippen molar-refractivity contribution >= 4 is 11.6 Å². The van der Waals surface area contributed by atoms with E-state index in [-0.39, 0.29) is 18.4 Å². The number of aliphatic hydroxyl groups is 1. The Balaban J connectivity index is 2.59. The van der Waals surface area contributed by atoms with Gasteiger partial charge < -0.3 is 15.7 Å². The molecule has 0 aliphatic heterocycles. The van der Waals surface area contributed by atoms with Crippen LogP contribution in [0.1, 0.15) is 44.6 Å². The molecule has 1 atom stereocenters. The van der Waals surface area contributed by atoms with E-state index in [9.17, 15) is 4.79 Å². The maximum Gasteiger partial charge on any atom is 0.223 e. The van der Waals surface area contributed by atoms with Crippen molar-refractivity contribution < 1.29 is 9.90 Å².